The van der Waals surface area contributed by atoms with Gasteiger partial charge in [0.15, 0.2) is 11.5 Å². The van der Waals surface area contributed by atoms with Gasteiger partial charge in [-0.3, -0.25) is 4.79 Å². The van der Waals surface area contributed by atoms with Crippen molar-refractivity contribution in [2.75, 3.05) is 60.7 Å². The molecule has 0 bridgehead atoms. The minimum absolute atomic E-state index is 0.000706. The van der Waals surface area contributed by atoms with E-state index in [4.69, 9.17) is 18.9 Å². The minimum Gasteiger partial charge on any atom is -0.493 e. The Hall–Kier alpha value is -2.52. The Kier molecular flexibility index (Phi) is 11.6. The number of amides is 2. The van der Waals surface area contributed by atoms with Crippen LogP contribution >= 0.6 is 0 Å². The molecule has 1 heterocycles. The molecule has 0 aromatic heterocycles. The maximum absolute atomic E-state index is 13.5. The van der Waals surface area contributed by atoms with Crippen LogP contribution in [0.15, 0.2) is 18.2 Å². The van der Waals surface area contributed by atoms with Crippen LogP contribution in [-0.2, 0) is 9.47 Å². The van der Waals surface area contributed by atoms with Gasteiger partial charge < -0.3 is 34.1 Å². The van der Waals surface area contributed by atoms with Crippen LogP contribution in [0.4, 0.5) is 4.79 Å². The maximum atomic E-state index is 13.5. The molecule has 1 aliphatic heterocycles. The standard InChI is InChI=1S/C26H43N3O6/c1-18(2)16-28(5)26(31)35-24-15-27-14-21(24)17-29(19(3)4)25(30)20-9-10-22(33-7)23(13-20)34-12-8-11-32-6/h9-10,13,18-19,21,24,27H,8,11-12,14-17H2,1-7H3/t21-,24?/m0/s1. The molecule has 198 valence electrons. The van der Waals surface area contributed by atoms with E-state index in [0.717, 1.165) is 6.42 Å². The Morgan fingerprint density at radius 3 is 2.46 bits per heavy atom. The molecule has 9 nitrogen and oxygen atoms in total. The number of hydrogen-bond donors (Lipinski definition) is 1. The number of nitrogens with one attached hydrogen (secondary N) is 1. The molecule has 1 fully saturated rings. The van der Waals surface area contributed by atoms with Crippen molar-refractivity contribution in [2.24, 2.45) is 11.8 Å². The van der Waals surface area contributed by atoms with E-state index in [1.807, 2.05) is 18.7 Å². The zero-order valence-electron chi connectivity index (χ0n) is 22.3. The molecule has 1 aliphatic rings. The molecular formula is C26H43N3O6. The highest BCUT2D eigenvalue weighted by atomic mass is 16.6. The Balaban J connectivity index is 2.11. The fourth-order valence-corrected chi connectivity index (χ4v) is 4.13. The summed E-state index contributed by atoms with van der Waals surface area (Å²) in [6.07, 6.45) is 0.115. The van der Waals surface area contributed by atoms with Gasteiger partial charge in [0.1, 0.15) is 6.10 Å². The quantitative estimate of drug-likeness (QED) is 0.422. The highest BCUT2D eigenvalue weighted by Gasteiger charge is 2.34. The summed E-state index contributed by atoms with van der Waals surface area (Å²) < 4.78 is 22.1. The fourth-order valence-electron chi connectivity index (χ4n) is 4.13. The second-order valence-corrected chi connectivity index (χ2v) is 9.73. The van der Waals surface area contributed by atoms with Gasteiger partial charge in [0.2, 0.25) is 0 Å². The fraction of sp³-hybridized carbons (Fsp3) is 0.692. The molecule has 9 heteroatoms. The van der Waals surface area contributed by atoms with Crippen molar-refractivity contribution in [2.45, 2.75) is 46.3 Å². The monoisotopic (exact) mass is 493 g/mol. The van der Waals surface area contributed by atoms with Crippen LogP contribution in [0.25, 0.3) is 0 Å². The summed E-state index contributed by atoms with van der Waals surface area (Å²) in [5, 5.41) is 3.31. The van der Waals surface area contributed by atoms with E-state index in [1.165, 1.54) is 0 Å². The Morgan fingerprint density at radius 1 is 1.09 bits per heavy atom. The van der Waals surface area contributed by atoms with Crippen LogP contribution in [-0.4, -0.2) is 94.6 Å². The molecule has 0 spiro atoms. The van der Waals surface area contributed by atoms with Crippen LogP contribution < -0.4 is 14.8 Å². The second kappa shape index (κ2) is 14.1. The van der Waals surface area contributed by atoms with Gasteiger partial charge in [-0.05, 0) is 38.0 Å². The SMILES string of the molecule is COCCCOc1cc(C(=O)N(C[C@@H]2CNCC2OC(=O)N(C)CC(C)C)C(C)C)ccc1OC. The van der Waals surface area contributed by atoms with Gasteiger partial charge in [0.25, 0.3) is 5.91 Å². The van der Waals surface area contributed by atoms with Gasteiger partial charge in [-0.15, -0.1) is 0 Å². The van der Waals surface area contributed by atoms with Crippen LogP contribution in [0.2, 0.25) is 0 Å². The van der Waals surface area contributed by atoms with Gasteiger partial charge >= 0.3 is 6.09 Å². The number of methoxy groups -OCH3 is 2. The predicted molar refractivity (Wildman–Crippen MR) is 135 cm³/mol. The molecule has 2 atom stereocenters. The summed E-state index contributed by atoms with van der Waals surface area (Å²) in [5.41, 5.74) is 0.525. The first-order valence-electron chi connectivity index (χ1n) is 12.4. The van der Waals surface area contributed by atoms with Crippen molar-refractivity contribution >= 4 is 12.0 Å². The van der Waals surface area contributed by atoms with E-state index in [9.17, 15) is 9.59 Å². The molecule has 2 amide bonds. The molecule has 35 heavy (non-hydrogen) atoms. The van der Waals surface area contributed by atoms with Gasteiger partial charge in [0, 0.05) is 70.9 Å². The summed E-state index contributed by atoms with van der Waals surface area (Å²) >= 11 is 0. The number of rotatable bonds is 13. The zero-order chi connectivity index (χ0) is 26.0. The average molecular weight is 494 g/mol. The smallest absolute Gasteiger partial charge is 0.409 e. The first kappa shape index (κ1) is 28.7. The summed E-state index contributed by atoms with van der Waals surface area (Å²) in [6, 6.07) is 5.21. The average Bonchev–Trinajstić information content (AvgIpc) is 3.25. The van der Waals surface area contributed by atoms with Crippen molar-refractivity contribution in [3.63, 3.8) is 0 Å². The number of carbonyl (C=O) groups excluding carboxylic acids is 2. The van der Waals surface area contributed by atoms with Gasteiger partial charge in [-0.25, -0.2) is 4.79 Å². The summed E-state index contributed by atoms with van der Waals surface area (Å²) in [7, 11) is 4.98. The molecular weight excluding hydrogens is 450 g/mol. The zero-order valence-corrected chi connectivity index (χ0v) is 22.3. The van der Waals surface area contributed by atoms with E-state index in [0.29, 0.717) is 62.4 Å². The Morgan fingerprint density at radius 2 is 1.83 bits per heavy atom. The number of carbonyl (C=O) groups is 2. The third-order valence-corrected chi connectivity index (χ3v) is 5.96. The maximum Gasteiger partial charge on any atom is 0.409 e. The molecule has 1 aromatic carbocycles. The van der Waals surface area contributed by atoms with Crippen molar-refractivity contribution in [3.8, 4) is 11.5 Å². The van der Waals surface area contributed by atoms with Gasteiger partial charge in [0.05, 0.1) is 13.7 Å². The lowest BCUT2D eigenvalue weighted by Crippen LogP contribution is -2.44. The lowest BCUT2D eigenvalue weighted by Gasteiger charge is -2.32. The van der Waals surface area contributed by atoms with Crippen molar-refractivity contribution < 1.29 is 28.5 Å². The number of nitrogens with zero attached hydrogens (tertiary/aromatic N) is 2. The number of benzene rings is 1. The molecule has 1 saturated heterocycles. The van der Waals surface area contributed by atoms with Crippen LogP contribution in [0.1, 0.15) is 44.5 Å². The Bertz CT molecular complexity index is 816. The lowest BCUT2D eigenvalue weighted by molar-refractivity contribution is 0.0399. The van der Waals surface area contributed by atoms with E-state index in [-0.39, 0.29) is 30.1 Å². The minimum atomic E-state index is -0.328. The highest BCUT2D eigenvalue weighted by Crippen LogP contribution is 2.29. The molecule has 0 radical (unpaired) electrons. The lowest BCUT2D eigenvalue weighted by atomic mass is 10.0. The molecule has 0 saturated carbocycles. The molecule has 2 rings (SSSR count). The van der Waals surface area contributed by atoms with E-state index in [1.54, 1.807) is 44.4 Å². The van der Waals surface area contributed by atoms with E-state index < -0.39 is 0 Å². The first-order valence-corrected chi connectivity index (χ1v) is 12.4. The highest BCUT2D eigenvalue weighted by molar-refractivity contribution is 5.95. The van der Waals surface area contributed by atoms with Crippen LogP contribution in [0, 0.1) is 11.8 Å². The van der Waals surface area contributed by atoms with Crippen LogP contribution in [0.5, 0.6) is 11.5 Å². The number of ether oxygens (including phenoxy) is 4. The van der Waals surface area contributed by atoms with Crippen LogP contribution in [0.3, 0.4) is 0 Å². The Labute approximate surface area is 210 Å². The summed E-state index contributed by atoms with van der Waals surface area (Å²) in [4.78, 5) is 29.5. The third kappa shape index (κ3) is 8.58. The predicted octanol–water partition coefficient (Wildman–Crippen LogP) is 3.27. The second-order valence-electron chi connectivity index (χ2n) is 9.73. The molecule has 1 N–H and O–H groups in total. The molecule has 1 unspecified atom stereocenters. The third-order valence-electron chi connectivity index (χ3n) is 5.96. The normalized spacial score (nSPS) is 17.5. The summed E-state index contributed by atoms with van der Waals surface area (Å²) in [5.74, 6) is 1.37. The number of hydrogen-bond acceptors (Lipinski definition) is 7. The summed E-state index contributed by atoms with van der Waals surface area (Å²) in [6.45, 7) is 11.5. The topological polar surface area (TPSA) is 89.6 Å². The molecule has 0 aliphatic carbocycles. The van der Waals surface area contributed by atoms with Crippen molar-refractivity contribution in [1.29, 1.82) is 0 Å². The van der Waals surface area contributed by atoms with Gasteiger partial charge in [-0.1, -0.05) is 13.8 Å². The largest absolute Gasteiger partial charge is 0.493 e. The van der Waals surface area contributed by atoms with Crippen molar-refractivity contribution in [1.82, 2.24) is 15.1 Å². The molecule has 1 aromatic rings. The van der Waals surface area contributed by atoms with Crippen molar-refractivity contribution in [3.05, 3.63) is 23.8 Å². The van der Waals surface area contributed by atoms with Gasteiger partial charge in [-0.2, -0.15) is 0 Å². The van der Waals surface area contributed by atoms with E-state index in [2.05, 4.69) is 19.2 Å². The first-order chi connectivity index (χ1) is 16.7. The van der Waals surface area contributed by atoms with E-state index >= 15 is 0 Å².